The number of carbonyl (C=O) groups excluding carboxylic acids is 2. The fourth-order valence-electron chi connectivity index (χ4n) is 7.31. The summed E-state index contributed by atoms with van der Waals surface area (Å²) in [5.41, 5.74) is 3.79. The van der Waals surface area contributed by atoms with E-state index in [4.69, 9.17) is 42.1 Å². The van der Waals surface area contributed by atoms with Gasteiger partial charge in [0.25, 0.3) is 0 Å². The lowest BCUT2D eigenvalue weighted by Gasteiger charge is -2.44. The van der Waals surface area contributed by atoms with Gasteiger partial charge in [0.1, 0.15) is 28.3 Å². The van der Waals surface area contributed by atoms with Crippen molar-refractivity contribution in [2.45, 2.75) is 63.2 Å². The summed E-state index contributed by atoms with van der Waals surface area (Å²) in [5, 5.41) is 4.36. The molecule has 0 aliphatic carbocycles. The number of fused-ring (bicyclic) bond motifs is 3. The third-order valence-electron chi connectivity index (χ3n) is 10.3. The van der Waals surface area contributed by atoms with Crippen molar-refractivity contribution in [3.05, 3.63) is 123 Å². The molecule has 0 radical (unpaired) electrons. The quantitative estimate of drug-likeness (QED) is 0.0857. The fourth-order valence-corrected chi connectivity index (χ4v) is 7.84. The number of carbonyl (C=O) groups is 2. The molecule has 10 nitrogen and oxygen atoms in total. The van der Waals surface area contributed by atoms with E-state index >= 15 is 0 Å². The number of halogens is 2. The maximum Gasteiger partial charge on any atom is 0.338 e. The van der Waals surface area contributed by atoms with Crippen molar-refractivity contribution in [2.75, 3.05) is 40.4 Å². The summed E-state index contributed by atoms with van der Waals surface area (Å²) in [6.07, 6.45) is 8.59. The normalized spacial score (nSPS) is 18.6. The van der Waals surface area contributed by atoms with Gasteiger partial charge in [0.05, 0.1) is 19.8 Å². The smallest absolute Gasteiger partial charge is 0.338 e. The number of aryl methyl sites for hydroxylation is 1. The van der Waals surface area contributed by atoms with Crippen molar-refractivity contribution in [2.24, 2.45) is 5.92 Å². The highest BCUT2D eigenvalue weighted by Crippen LogP contribution is 2.36. The van der Waals surface area contributed by atoms with E-state index in [1.54, 1.807) is 44.8 Å². The number of ether oxygens (including phenoxy) is 4. The van der Waals surface area contributed by atoms with Crippen LogP contribution in [0.4, 0.5) is 0 Å². The molecule has 3 N–H and O–H groups in total. The molecule has 0 saturated carbocycles. The number of hydrogen-bond acceptors (Lipinski definition) is 9. The van der Waals surface area contributed by atoms with Crippen LogP contribution in [0.5, 0.6) is 11.5 Å². The molecular formula is C42H49Cl2N3O7. The Hall–Kier alpha value is -4.19. The molecule has 1 aromatic heterocycles. The number of H-pyrrole nitrogens is 1. The molecule has 2 unspecified atom stereocenters. The molecule has 3 aliphatic rings. The van der Waals surface area contributed by atoms with Crippen molar-refractivity contribution in [3.8, 4) is 11.5 Å². The van der Waals surface area contributed by atoms with E-state index in [1.807, 2.05) is 54.6 Å². The van der Waals surface area contributed by atoms with E-state index in [0.29, 0.717) is 50.7 Å². The van der Waals surface area contributed by atoms with Crippen LogP contribution in [0.2, 0.25) is 10.0 Å². The SMILES string of the molecule is COc1ccc(C(Cc2c(Cl)c[nH+]cc2Cl)OC(=O)c2cccc(CCCCCNC(C(=O)O[C@H]3CN4CCC3CC4)c3ccccc3)c2)cc1OC.[OH-]. The first-order valence-corrected chi connectivity index (χ1v) is 19.2. The summed E-state index contributed by atoms with van der Waals surface area (Å²) in [7, 11) is 3.13. The maximum absolute atomic E-state index is 13.6. The molecule has 3 fully saturated rings. The predicted molar refractivity (Wildman–Crippen MR) is 207 cm³/mol. The second-order valence-electron chi connectivity index (χ2n) is 13.8. The number of unbranched alkanes of at least 4 members (excludes halogenated alkanes) is 2. The summed E-state index contributed by atoms with van der Waals surface area (Å²) in [6, 6.07) is 22.3. The van der Waals surface area contributed by atoms with Crippen molar-refractivity contribution in [3.63, 3.8) is 0 Å². The highest BCUT2D eigenvalue weighted by atomic mass is 35.5. The van der Waals surface area contributed by atoms with E-state index in [-0.39, 0.29) is 24.0 Å². The van der Waals surface area contributed by atoms with Gasteiger partial charge in [0.15, 0.2) is 23.9 Å². The molecule has 4 heterocycles. The summed E-state index contributed by atoms with van der Waals surface area (Å²) in [5.74, 6) is 0.893. The van der Waals surface area contributed by atoms with Crippen LogP contribution in [0.25, 0.3) is 0 Å². The lowest BCUT2D eigenvalue weighted by Crippen LogP contribution is -2.52. The zero-order chi connectivity index (χ0) is 37.2. The van der Waals surface area contributed by atoms with E-state index in [9.17, 15) is 9.59 Å². The summed E-state index contributed by atoms with van der Waals surface area (Å²) >= 11 is 13.0. The number of aromatic amines is 1. The molecule has 288 valence electrons. The zero-order valence-corrected chi connectivity index (χ0v) is 32.3. The number of nitrogens with zero attached hydrogens (tertiary/aromatic N) is 1. The van der Waals surface area contributed by atoms with Gasteiger partial charge in [-0.2, -0.15) is 0 Å². The Morgan fingerprint density at radius 3 is 2.30 bits per heavy atom. The maximum atomic E-state index is 13.6. The Morgan fingerprint density at radius 2 is 1.61 bits per heavy atom. The average Bonchev–Trinajstić information content (AvgIpc) is 3.19. The monoisotopic (exact) mass is 777 g/mol. The summed E-state index contributed by atoms with van der Waals surface area (Å²) in [6.45, 7) is 3.74. The van der Waals surface area contributed by atoms with Gasteiger partial charge in [-0.15, -0.1) is 0 Å². The van der Waals surface area contributed by atoms with Crippen LogP contribution in [-0.4, -0.2) is 68.8 Å². The van der Waals surface area contributed by atoms with E-state index in [2.05, 4.69) is 15.2 Å². The first kappa shape index (κ1) is 41.0. The number of benzene rings is 3. The number of pyridine rings is 1. The van der Waals surface area contributed by atoms with Crippen LogP contribution in [0, 0.1) is 5.92 Å². The van der Waals surface area contributed by atoms with Crippen LogP contribution >= 0.6 is 23.2 Å². The molecule has 2 bridgehead atoms. The molecule has 54 heavy (non-hydrogen) atoms. The first-order chi connectivity index (χ1) is 25.8. The van der Waals surface area contributed by atoms with Gasteiger partial charge in [-0.05, 0) is 98.6 Å². The lowest BCUT2D eigenvalue weighted by molar-refractivity contribution is -0.377. The minimum absolute atomic E-state index is 0. The Bertz CT molecular complexity index is 1820. The van der Waals surface area contributed by atoms with E-state index in [1.165, 1.54) is 0 Å². The van der Waals surface area contributed by atoms with Crippen molar-refractivity contribution < 1.29 is 39.0 Å². The summed E-state index contributed by atoms with van der Waals surface area (Å²) in [4.78, 5) is 32.4. The van der Waals surface area contributed by atoms with Gasteiger partial charge in [-0.3, -0.25) is 4.90 Å². The molecule has 3 aromatic carbocycles. The molecule has 3 aliphatic heterocycles. The van der Waals surface area contributed by atoms with Crippen LogP contribution < -0.4 is 19.8 Å². The number of nitrogens with one attached hydrogen (secondary N) is 2. The van der Waals surface area contributed by atoms with Gasteiger partial charge in [-0.1, -0.05) is 78.2 Å². The highest BCUT2D eigenvalue weighted by molar-refractivity contribution is 6.35. The second kappa shape index (κ2) is 19.9. The first-order valence-electron chi connectivity index (χ1n) is 18.4. The largest absolute Gasteiger partial charge is 0.870 e. The molecule has 0 spiro atoms. The minimum atomic E-state index is -0.705. The van der Waals surface area contributed by atoms with Gasteiger partial charge in [0.2, 0.25) is 0 Å². The van der Waals surface area contributed by atoms with Crippen molar-refractivity contribution in [1.82, 2.24) is 10.2 Å². The van der Waals surface area contributed by atoms with E-state index < -0.39 is 18.1 Å². The topological polar surface area (TPSA) is 130 Å². The third-order valence-corrected chi connectivity index (χ3v) is 11.0. The number of hydrogen-bond donors (Lipinski definition) is 1. The van der Waals surface area contributed by atoms with Crippen LogP contribution in [0.15, 0.2) is 85.2 Å². The van der Waals surface area contributed by atoms with Gasteiger partial charge >= 0.3 is 11.9 Å². The van der Waals surface area contributed by atoms with Crippen molar-refractivity contribution >= 4 is 35.1 Å². The second-order valence-corrected chi connectivity index (χ2v) is 14.6. The number of rotatable bonds is 17. The average molecular weight is 779 g/mol. The molecule has 4 aromatic rings. The summed E-state index contributed by atoms with van der Waals surface area (Å²) < 4.78 is 23.2. The Labute approximate surface area is 327 Å². The standard InChI is InChI=1S/C42H47Cl2N3O6.H2O/c1-50-36-16-15-31(23-38(36)51-2)37(24-33-34(43)25-45-26-35(33)44)52-41(48)32-14-9-11-28(22-32)10-5-4-8-19-46-40(30-12-6-3-7-13-30)42(49)53-39-27-47-20-17-29(39)18-21-47;/h3,6-7,9,11-16,22-23,25-26,29,37,39-40,46H,4-5,8,10,17-21,24,27H2,1-2H3;1H2/t37?,39-,40?;/m0./s1. The third kappa shape index (κ3) is 10.5. The van der Waals surface area contributed by atoms with Crippen LogP contribution in [0.1, 0.15) is 76.9 Å². The zero-order valence-electron chi connectivity index (χ0n) is 30.8. The lowest BCUT2D eigenvalue weighted by atomic mass is 9.86. The van der Waals surface area contributed by atoms with Crippen molar-refractivity contribution in [1.29, 1.82) is 0 Å². The molecular weight excluding hydrogens is 729 g/mol. The number of esters is 2. The number of piperidine rings is 3. The van der Waals surface area contributed by atoms with Gasteiger partial charge in [0, 0.05) is 18.5 Å². The highest BCUT2D eigenvalue weighted by Gasteiger charge is 2.38. The molecule has 7 rings (SSSR count). The van der Waals surface area contributed by atoms with Gasteiger partial charge < -0.3 is 29.7 Å². The Kier molecular flexibility index (Phi) is 15.1. The fraction of sp³-hybridized carbons (Fsp3) is 0.405. The predicted octanol–water partition coefficient (Wildman–Crippen LogP) is 7.47. The molecule has 12 heteroatoms. The Balaban J connectivity index is 0.00000561. The minimum Gasteiger partial charge on any atom is -0.870 e. The molecule has 3 atom stereocenters. The number of methoxy groups -OCH3 is 2. The van der Waals surface area contributed by atoms with Crippen LogP contribution in [-0.2, 0) is 27.1 Å². The van der Waals surface area contributed by atoms with Gasteiger partial charge in [-0.25, -0.2) is 14.6 Å². The van der Waals surface area contributed by atoms with Crippen LogP contribution in [0.3, 0.4) is 0 Å². The van der Waals surface area contributed by atoms with E-state index in [0.717, 1.165) is 69.3 Å². The Morgan fingerprint density at radius 1 is 0.870 bits per heavy atom. The number of aromatic nitrogens is 1. The molecule has 3 saturated heterocycles. The molecule has 0 amide bonds.